The quantitative estimate of drug-likeness (QED) is 0.0238. The first-order valence-corrected chi connectivity index (χ1v) is 43.4. The lowest BCUT2D eigenvalue weighted by Gasteiger charge is -2.19. The molecule has 10 unspecified atom stereocenters. The Morgan fingerprint density at radius 3 is 1.10 bits per heavy atom. The number of nitrogens with two attached hydrogens (primary N) is 1. The molecule has 6 fully saturated rings. The molecule has 0 spiro atoms. The molecule has 8 N–H and O–H groups in total. The van der Waals surface area contributed by atoms with Gasteiger partial charge in [0.1, 0.15) is 53.0 Å². The number of aromatic amines is 3. The average Bonchev–Trinajstić information content (AvgIpc) is 1.67. The molecule has 6 aliphatic heterocycles. The maximum absolute atomic E-state index is 14.3. The predicted molar refractivity (Wildman–Crippen MR) is 480 cm³/mol. The van der Waals surface area contributed by atoms with Crippen LogP contribution in [0.2, 0.25) is 0 Å². The fourth-order valence-corrected chi connectivity index (χ4v) is 13.7. The zero-order valence-electron chi connectivity index (χ0n) is 75.1. The number of nitrogens with zero attached hydrogens (tertiary/aromatic N) is 9. The number of aliphatic hydroxyl groups is 3. The molecule has 0 aliphatic carbocycles. The van der Waals surface area contributed by atoms with Gasteiger partial charge in [-0.3, -0.25) is 70.7 Å². The second-order valence-electron chi connectivity index (χ2n) is 30.4. The summed E-state index contributed by atoms with van der Waals surface area (Å²) in [4.78, 5) is 126. The SMILES string of the molecule is C.CC#CC#CC#CCl.CCC.CCC.CCC1CC(F)C(n2cc(F)c(=O)n(Cc3ccc(OC)cc3)c2=O)O1.CCC1CC(O)C(n2cc(F)c(=O)n(Cc3ccc(OC)cc3)c2=O)O1.CC[C@H]1CC(F)[C@@H](n2cc(F)c(=O)[nH]c2=O)O1.CC[C@H]1CC(F)[C@@H](n2cc(F)c(=S)[nH]c2=O)O1.CC[C@H]1CC(O)[C@@H](n2cc(F)c(=O)[nH]c2=O)O1.Nc1nc(=O)n([C@H]2O[C@@H](CO)CC2F)cc1F. The Morgan fingerprint density at radius 1 is 0.444 bits per heavy atom. The second-order valence-corrected chi connectivity index (χ2v) is 31.0. The van der Waals surface area contributed by atoms with Crippen molar-refractivity contribution in [2.24, 2.45) is 0 Å². The minimum absolute atomic E-state index is 0. The van der Waals surface area contributed by atoms with Crippen LogP contribution in [0.15, 0.2) is 134 Å². The van der Waals surface area contributed by atoms with E-state index in [1.807, 2.05) is 39.6 Å². The summed E-state index contributed by atoms with van der Waals surface area (Å²) >= 11 is 9.54. The maximum Gasteiger partial charge on any atom is 0.351 e. The van der Waals surface area contributed by atoms with Crippen molar-refractivity contribution in [2.75, 3.05) is 26.6 Å². The van der Waals surface area contributed by atoms with Gasteiger partial charge in [0.05, 0.1) is 108 Å². The molecule has 6 saturated heterocycles. The zero-order valence-corrected chi connectivity index (χ0v) is 76.7. The smallest absolute Gasteiger partial charge is 0.351 e. The Bertz CT molecular complexity index is 5700. The number of rotatable bonds is 18. The molecule has 6 aromatic heterocycles. The monoisotopic (exact) mass is 1960 g/mol. The summed E-state index contributed by atoms with van der Waals surface area (Å²) in [5, 5.41) is 30.8. The standard InChI is InChI=1S/C18H20F2N2O4.C18H21FN2O5.C10H12F2N2O3.C10H12F2N2O2S.C10H13FN2O4.C9H11F2N3O3.C7H3Cl.2C3H8.CH4/c1-3-12-8-14(19)17(26-12)22-10-15(20)16(23)21(18(22)24)9-11-4-6-13(25-2)7-5-11;1-3-12-8-15(22)17(26-12)21-10-14(19)16(23)20(18(21)24)9-11-4-6-13(25-2)7-5-11;1-2-5-3-6(11)9(17-5)14-4-7(12)8(15)13-10(14)16;1-2-5-3-6(11)9(16-5)14-4-7(12)8(17)13-10(14)15;1-2-5-3-7(14)9(17-5)13-4-6(11)8(15)12-10(13)16;10-5-1-4(3-15)17-8(5)14-2-6(11)7(12)13-9(14)16;1-2-3-4-5-6-7-8;2*1-3-2;/h4-7,10,12,14,17H,3,8-9H2,1-2H3;4-7,10,12,15,17,22H,3,8-9H2,1-2H3;4-6,9H,2-3H2,1H3,(H,13,15,16);4-6,9H,2-3H2,1H3,(H,13,15,17);4-5,7,9,14H,2-3H2,1H3,(H,12,15,16);2,4-5,8,15H,1,3H2,(H2,12,13,16);1H3;2*3H2,1-2H3;1H4/t;;2*5-,6?,9-;5-,7?,9-;4-,5?,8+;;;;/m..0001..../s1. The first-order chi connectivity index (χ1) is 63.7. The van der Waals surface area contributed by atoms with Crippen molar-refractivity contribution in [3.05, 3.63) is 241 Å². The summed E-state index contributed by atoms with van der Waals surface area (Å²) in [6, 6.07) is 13.4. The number of benzene rings is 2. The average molecular weight is 1960 g/mol. The van der Waals surface area contributed by atoms with Gasteiger partial charge in [-0.15, -0.1) is 0 Å². The summed E-state index contributed by atoms with van der Waals surface area (Å²) in [5.41, 5.74) is -2.68. The Morgan fingerprint density at radius 2 is 0.748 bits per heavy atom. The zero-order chi connectivity index (χ0) is 99.7. The van der Waals surface area contributed by atoms with E-state index >= 15 is 0 Å². The van der Waals surface area contributed by atoms with E-state index in [-0.39, 0.29) is 88.0 Å². The van der Waals surface area contributed by atoms with Crippen molar-refractivity contribution < 1.29 is 97.1 Å². The van der Waals surface area contributed by atoms with Gasteiger partial charge in [-0.05, 0) is 97.9 Å². The van der Waals surface area contributed by atoms with E-state index in [0.29, 0.717) is 78.3 Å². The van der Waals surface area contributed by atoms with Crippen LogP contribution < -0.4 is 71.6 Å². The number of halogens is 11. The topological polar surface area (TPSA) is 431 Å². The lowest BCUT2D eigenvalue weighted by molar-refractivity contribution is -0.0417. The van der Waals surface area contributed by atoms with Crippen LogP contribution in [-0.2, 0) is 41.5 Å². The molecule has 0 radical (unpaired) electrons. The van der Waals surface area contributed by atoms with Crippen LogP contribution >= 0.6 is 23.8 Å². The predicted octanol–water partition coefficient (Wildman–Crippen LogP) is 10.3. The number of ether oxygens (including phenoxy) is 8. The Labute approximate surface area is 777 Å². The summed E-state index contributed by atoms with van der Waals surface area (Å²) in [6.07, 6.45) is -4.67. The molecule has 0 bridgehead atoms. The van der Waals surface area contributed by atoms with Crippen LogP contribution in [0.25, 0.3) is 0 Å². The molecule has 0 saturated carbocycles. The van der Waals surface area contributed by atoms with Crippen molar-refractivity contribution >= 4 is 29.6 Å². The summed E-state index contributed by atoms with van der Waals surface area (Å²) in [5.74, 6) is 6.91. The van der Waals surface area contributed by atoms with Crippen LogP contribution in [0.1, 0.15) is 209 Å². The molecule has 0 amide bonds. The van der Waals surface area contributed by atoms with Crippen molar-refractivity contribution in [1.82, 2.24) is 56.5 Å². The number of aliphatic hydroxyl groups excluding tert-OH is 3. The number of methoxy groups -OCH3 is 2. The molecule has 2 aromatic carbocycles. The Hall–Kier alpha value is -11.5. The first kappa shape index (κ1) is 114. The molecule has 34 nitrogen and oxygen atoms in total. The van der Waals surface area contributed by atoms with Crippen LogP contribution in [0.5, 0.6) is 11.5 Å². The third-order valence-corrected chi connectivity index (χ3v) is 20.7. The van der Waals surface area contributed by atoms with Gasteiger partial charge in [0.15, 0.2) is 54.8 Å². The van der Waals surface area contributed by atoms with Crippen molar-refractivity contribution in [1.29, 1.82) is 0 Å². The molecule has 46 heteroatoms. The van der Waals surface area contributed by atoms with Crippen molar-refractivity contribution in [2.45, 2.75) is 284 Å². The Kier molecular flexibility index (Phi) is 46.8. The van der Waals surface area contributed by atoms with Crippen molar-refractivity contribution in [3.8, 4) is 46.5 Å². The number of nitrogens with one attached hydrogen (secondary N) is 3. The molecular weight excluding hydrogens is 1840 g/mol. The van der Waals surface area contributed by atoms with Gasteiger partial charge in [0.25, 0.3) is 22.2 Å². The van der Waals surface area contributed by atoms with Gasteiger partial charge >= 0.3 is 34.1 Å². The number of H-pyrrole nitrogens is 3. The highest BCUT2D eigenvalue weighted by atomic mass is 35.5. The highest BCUT2D eigenvalue weighted by Gasteiger charge is 2.42. The minimum Gasteiger partial charge on any atom is -0.497 e. The first-order valence-electron chi connectivity index (χ1n) is 42.6. The lowest BCUT2D eigenvalue weighted by atomic mass is 10.1. The van der Waals surface area contributed by atoms with E-state index in [0.717, 1.165) is 63.0 Å². The number of nitrogen functional groups attached to an aromatic ring is 1. The summed E-state index contributed by atoms with van der Waals surface area (Å²) in [6.45, 7) is 18.9. The number of anilines is 1. The third-order valence-electron chi connectivity index (χ3n) is 20.3. The van der Waals surface area contributed by atoms with Gasteiger partial charge < -0.3 is 58.9 Å². The molecule has 6 aliphatic rings. The molecule has 14 rings (SSSR count). The summed E-state index contributed by atoms with van der Waals surface area (Å²) in [7, 11) is 3.05. The second kappa shape index (κ2) is 55.5. The number of hydrogen-bond donors (Lipinski definition) is 7. The van der Waals surface area contributed by atoms with E-state index in [9.17, 15) is 102 Å². The molecular formula is C89H112ClF10N13O21S. The fourth-order valence-electron chi connectivity index (χ4n) is 13.6. The van der Waals surface area contributed by atoms with E-state index in [1.165, 1.54) is 27.1 Å². The number of hydrogen-bond acceptors (Lipinski definition) is 24. The van der Waals surface area contributed by atoms with E-state index in [2.05, 4.69) is 84.9 Å². The van der Waals surface area contributed by atoms with Gasteiger partial charge in [0, 0.05) is 55.7 Å². The van der Waals surface area contributed by atoms with Crippen LogP contribution in [0.4, 0.5) is 49.7 Å². The third kappa shape index (κ3) is 31.5. The largest absolute Gasteiger partial charge is 0.497 e. The molecule has 8 aromatic rings. The normalized spacial score (nSPS) is 23.5. The number of aromatic nitrogens is 12. The van der Waals surface area contributed by atoms with E-state index in [1.54, 1.807) is 60.4 Å². The maximum atomic E-state index is 14.3. The minimum atomic E-state index is -1.50. The molecule has 18 atom stereocenters. The highest BCUT2D eigenvalue weighted by molar-refractivity contribution is 7.71. The van der Waals surface area contributed by atoms with Gasteiger partial charge in [-0.25, -0.2) is 55.1 Å². The highest BCUT2D eigenvalue weighted by Crippen LogP contribution is 2.36. The van der Waals surface area contributed by atoms with E-state index < -0.39 is 177 Å². The summed E-state index contributed by atoms with van der Waals surface area (Å²) < 4.78 is 184. The van der Waals surface area contributed by atoms with Gasteiger partial charge in [-0.1, -0.05) is 125 Å². The number of alkyl halides is 4. The fraction of sp³-hybridized carbons (Fsp3) is 0.528. The van der Waals surface area contributed by atoms with Crippen LogP contribution in [0.3, 0.4) is 0 Å². The van der Waals surface area contributed by atoms with E-state index in [4.69, 9.17) is 60.3 Å². The Balaban J connectivity index is 0.000000280. The molecule has 12 heterocycles. The van der Waals surface area contributed by atoms with Gasteiger partial charge in [-0.2, -0.15) is 22.5 Å². The van der Waals surface area contributed by atoms with Crippen molar-refractivity contribution in [3.63, 3.8) is 0 Å². The lowest BCUT2D eigenvalue weighted by Crippen LogP contribution is -2.44. The van der Waals surface area contributed by atoms with Crippen LogP contribution in [0, 0.1) is 74.5 Å². The molecule has 135 heavy (non-hydrogen) atoms. The molecule has 742 valence electrons. The van der Waals surface area contributed by atoms with Crippen LogP contribution in [-0.4, -0.2) is 166 Å². The van der Waals surface area contributed by atoms with Gasteiger partial charge in [0.2, 0.25) is 23.3 Å².